The molecule has 0 aliphatic carbocycles. The van der Waals surface area contributed by atoms with Crippen molar-refractivity contribution in [3.05, 3.63) is 123 Å². The molecular formula is C30H32N6O2. The summed E-state index contributed by atoms with van der Waals surface area (Å²) in [5.74, 6) is 0.614. The van der Waals surface area contributed by atoms with Gasteiger partial charge in [-0.3, -0.25) is 9.69 Å². The molecule has 2 aromatic heterocycles. The van der Waals surface area contributed by atoms with Crippen molar-refractivity contribution >= 4 is 10.9 Å². The minimum absolute atomic E-state index is 0.148. The lowest BCUT2D eigenvalue weighted by Crippen LogP contribution is -2.36. The molecule has 0 unspecified atom stereocenters. The lowest BCUT2D eigenvalue weighted by Gasteiger charge is -2.31. The maximum Gasteiger partial charge on any atom is 0.253 e. The fraction of sp³-hybridized carbons (Fsp3) is 0.267. The molecule has 1 N–H and O–H groups in total. The van der Waals surface area contributed by atoms with Gasteiger partial charge >= 0.3 is 0 Å². The maximum absolute atomic E-state index is 13.6. The number of aromatic nitrogens is 5. The first-order chi connectivity index (χ1) is 18.6. The van der Waals surface area contributed by atoms with Crippen molar-refractivity contribution in [2.24, 2.45) is 0 Å². The first-order valence-corrected chi connectivity index (χ1v) is 12.8. The minimum Gasteiger partial charge on any atom is -0.383 e. The summed E-state index contributed by atoms with van der Waals surface area (Å²) in [5.41, 5.74) is 4.77. The van der Waals surface area contributed by atoms with Gasteiger partial charge < -0.3 is 9.72 Å². The van der Waals surface area contributed by atoms with Crippen LogP contribution in [-0.4, -0.2) is 50.4 Å². The fourth-order valence-corrected chi connectivity index (χ4v) is 4.82. The number of nitrogens with zero attached hydrogens (tertiary/aromatic N) is 5. The molecule has 3 aromatic carbocycles. The summed E-state index contributed by atoms with van der Waals surface area (Å²) < 4.78 is 7.06. The third-order valence-corrected chi connectivity index (χ3v) is 6.76. The first-order valence-electron chi connectivity index (χ1n) is 12.8. The molecule has 0 saturated carbocycles. The molecule has 0 amide bonds. The Labute approximate surface area is 221 Å². The van der Waals surface area contributed by atoms with Crippen molar-refractivity contribution in [1.29, 1.82) is 0 Å². The van der Waals surface area contributed by atoms with E-state index in [1.54, 1.807) is 11.8 Å². The van der Waals surface area contributed by atoms with Crippen LogP contribution in [0.1, 0.15) is 34.1 Å². The smallest absolute Gasteiger partial charge is 0.253 e. The van der Waals surface area contributed by atoms with Gasteiger partial charge in [-0.15, -0.1) is 5.10 Å². The van der Waals surface area contributed by atoms with Crippen LogP contribution in [0.5, 0.6) is 0 Å². The van der Waals surface area contributed by atoms with Crippen LogP contribution < -0.4 is 5.56 Å². The molecule has 0 aliphatic rings. The second kappa shape index (κ2) is 11.9. The lowest BCUT2D eigenvalue weighted by molar-refractivity contribution is 0.172. The zero-order valence-electron chi connectivity index (χ0n) is 21.7. The summed E-state index contributed by atoms with van der Waals surface area (Å²) in [6, 6.07) is 28.2. The normalized spacial score (nSPS) is 12.3. The van der Waals surface area contributed by atoms with Crippen LogP contribution in [0.4, 0.5) is 0 Å². The van der Waals surface area contributed by atoms with E-state index in [9.17, 15) is 4.79 Å². The molecule has 2 heterocycles. The summed E-state index contributed by atoms with van der Waals surface area (Å²) in [6.07, 6.45) is 0.814. The van der Waals surface area contributed by atoms with Crippen LogP contribution in [0.25, 0.3) is 10.9 Å². The number of tetrazole rings is 1. The SMILES string of the molecule is COCCn1nnnc1[C@@H](c1cc2cc(C)ccc2[nH]c1=O)N(CCc1ccccc1)Cc1ccccc1. The molecule has 5 rings (SSSR count). The number of H-pyrrole nitrogens is 1. The van der Waals surface area contributed by atoms with Crippen LogP contribution in [0.2, 0.25) is 0 Å². The Hall–Kier alpha value is -4.14. The predicted molar refractivity (Wildman–Crippen MR) is 148 cm³/mol. The third kappa shape index (κ3) is 5.88. The number of methoxy groups -OCH3 is 1. The van der Waals surface area contributed by atoms with Gasteiger partial charge in [-0.1, -0.05) is 72.3 Å². The van der Waals surface area contributed by atoms with E-state index < -0.39 is 6.04 Å². The van der Waals surface area contributed by atoms with Gasteiger partial charge in [-0.2, -0.15) is 0 Å². The zero-order valence-corrected chi connectivity index (χ0v) is 21.7. The lowest BCUT2D eigenvalue weighted by atomic mass is 10.0. The number of ether oxygens (including phenoxy) is 1. The highest BCUT2D eigenvalue weighted by atomic mass is 16.5. The Morgan fingerprint density at radius 1 is 0.974 bits per heavy atom. The molecule has 0 radical (unpaired) electrons. The molecule has 0 spiro atoms. The molecule has 0 bridgehead atoms. The summed E-state index contributed by atoms with van der Waals surface area (Å²) in [6.45, 7) is 4.32. The Bertz CT molecular complexity index is 1530. The monoisotopic (exact) mass is 508 g/mol. The zero-order chi connectivity index (χ0) is 26.3. The number of nitrogens with one attached hydrogen (secondary N) is 1. The van der Waals surface area contributed by atoms with Gasteiger partial charge in [-0.25, -0.2) is 4.68 Å². The topological polar surface area (TPSA) is 88.9 Å². The van der Waals surface area contributed by atoms with Crippen molar-refractivity contribution in [3.8, 4) is 0 Å². The molecule has 194 valence electrons. The summed E-state index contributed by atoms with van der Waals surface area (Å²) >= 11 is 0. The van der Waals surface area contributed by atoms with Crippen molar-refractivity contribution in [1.82, 2.24) is 30.1 Å². The van der Waals surface area contributed by atoms with Crippen molar-refractivity contribution in [2.75, 3.05) is 20.3 Å². The van der Waals surface area contributed by atoms with Crippen LogP contribution in [-0.2, 0) is 24.2 Å². The Morgan fingerprint density at radius 3 is 2.45 bits per heavy atom. The number of hydrogen-bond donors (Lipinski definition) is 1. The molecule has 8 nitrogen and oxygen atoms in total. The average molecular weight is 509 g/mol. The largest absolute Gasteiger partial charge is 0.383 e. The van der Waals surface area contributed by atoms with Gasteiger partial charge in [0.1, 0.15) is 6.04 Å². The second-order valence-electron chi connectivity index (χ2n) is 9.49. The van der Waals surface area contributed by atoms with E-state index in [4.69, 9.17) is 4.74 Å². The van der Waals surface area contributed by atoms with Gasteiger partial charge in [0.15, 0.2) is 5.82 Å². The quantitative estimate of drug-likeness (QED) is 0.286. The van der Waals surface area contributed by atoms with E-state index in [0.29, 0.717) is 37.6 Å². The Kier molecular flexibility index (Phi) is 8.01. The highest BCUT2D eigenvalue weighted by molar-refractivity contribution is 5.79. The van der Waals surface area contributed by atoms with Crippen molar-refractivity contribution in [2.45, 2.75) is 32.5 Å². The summed E-state index contributed by atoms with van der Waals surface area (Å²) in [7, 11) is 1.65. The van der Waals surface area contributed by atoms with Crippen molar-refractivity contribution < 1.29 is 4.74 Å². The van der Waals surface area contributed by atoms with Crippen LogP contribution in [0.15, 0.2) is 89.7 Å². The number of aryl methyl sites for hydroxylation is 1. The van der Waals surface area contributed by atoms with Crippen LogP contribution in [0, 0.1) is 6.92 Å². The Morgan fingerprint density at radius 2 is 1.71 bits per heavy atom. The molecule has 8 heteroatoms. The van der Waals surface area contributed by atoms with Gasteiger partial charge in [-0.05, 0) is 58.5 Å². The predicted octanol–water partition coefficient (Wildman–Crippen LogP) is 4.30. The maximum atomic E-state index is 13.6. The van der Waals surface area contributed by atoms with Gasteiger partial charge in [0.25, 0.3) is 5.56 Å². The van der Waals surface area contributed by atoms with Gasteiger partial charge in [0, 0.05) is 31.3 Å². The van der Waals surface area contributed by atoms with E-state index in [0.717, 1.165) is 28.5 Å². The number of hydrogen-bond acceptors (Lipinski definition) is 6. The minimum atomic E-state index is -0.473. The molecule has 0 saturated heterocycles. The van der Waals surface area contributed by atoms with Crippen LogP contribution in [0.3, 0.4) is 0 Å². The Balaban J connectivity index is 1.64. The number of benzene rings is 3. The molecule has 5 aromatic rings. The third-order valence-electron chi connectivity index (χ3n) is 6.76. The first kappa shape index (κ1) is 25.5. The van der Waals surface area contributed by atoms with Gasteiger partial charge in [0.2, 0.25) is 0 Å². The van der Waals surface area contributed by atoms with E-state index in [1.165, 1.54) is 5.56 Å². The van der Waals surface area contributed by atoms with Crippen molar-refractivity contribution in [3.63, 3.8) is 0 Å². The number of rotatable bonds is 11. The number of pyridine rings is 1. The molecule has 1 atom stereocenters. The second-order valence-corrected chi connectivity index (χ2v) is 9.49. The van der Waals surface area contributed by atoms with Gasteiger partial charge in [0.05, 0.1) is 13.2 Å². The highest BCUT2D eigenvalue weighted by Crippen LogP contribution is 2.29. The van der Waals surface area contributed by atoms with E-state index in [-0.39, 0.29) is 5.56 Å². The van der Waals surface area contributed by atoms with Crippen LogP contribution >= 0.6 is 0 Å². The summed E-state index contributed by atoms with van der Waals surface area (Å²) in [5, 5.41) is 13.7. The summed E-state index contributed by atoms with van der Waals surface area (Å²) in [4.78, 5) is 19.0. The molecule has 38 heavy (non-hydrogen) atoms. The fourth-order valence-electron chi connectivity index (χ4n) is 4.82. The van der Waals surface area contributed by atoms with E-state index >= 15 is 0 Å². The molecular weight excluding hydrogens is 476 g/mol. The average Bonchev–Trinajstić information content (AvgIpc) is 3.40. The van der Waals surface area contributed by atoms with E-state index in [2.05, 4.69) is 74.8 Å². The molecule has 0 aliphatic heterocycles. The number of fused-ring (bicyclic) bond motifs is 1. The standard InChI is InChI=1S/C30H32N6O2/c1-22-13-14-27-25(19-22)20-26(30(37)31-27)28(29-32-33-34-36(29)17-18-38-2)35(21-24-11-7-4-8-12-24)16-15-23-9-5-3-6-10-23/h3-14,19-20,28H,15-18,21H2,1-2H3,(H,31,37)/t28-/m1/s1. The van der Waals surface area contributed by atoms with E-state index in [1.807, 2.05) is 42.5 Å². The highest BCUT2D eigenvalue weighted by Gasteiger charge is 2.30. The number of aromatic amines is 1. The molecule has 0 fully saturated rings.